The molecule has 0 spiro atoms. The number of carbonyl (C=O) groups is 1. The molecular weight excluding hydrogens is 270 g/mol. The van der Waals surface area contributed by atoms with Crippen LogP contribution in [0, 0.1) is 0 Å². The van der Waals surface area contributed by atoms with Gasteiger partial charge in [-0.2, -0.15) is 0 Å². The van der Waals surface area contributed by atoms with Crippen LogP contribution in [0.5, 0.6) is 0 Å². The van der Waals surface area contributed by atoms with Crippen molar-refractivity contribution in [3.8, 4) is 0 Å². The Morgan fingerprint density at radius 3 is 2.71 bits per heavy atom. The third kappa shape index (κ3) is 2.67. The smallest absolute Gasteiger partial charge is 0.358 e. The van der Waals surface area contributed by atoms with Crippen molar-refractivity contribution in [2.45, 2.75) is 37.8 Å². The maximum absolute atomic E-state index is 11.4. The number of nitrogens with zero attached hydrogens (tertiary/aromatic N) is 2. The van der Waals surface area contributed by atoms with Gasteiger partial charge in [0, 0.05) is 5.39 Å². The summed E-state index contributed by atoms with van der Waals surface area (Å²) < 4.78 is 0. The number of anilines is 1. The van der Waals surface area contributed by atoms with Crippen molar-refractivity contribution in [2.24, 2.45) is 0 Å². The van der Waals surface area contributed by atoms with Crippen LogP contribution < -0.4 is 5.32 Å². The van der Waals surface area contributed by atoms with Crippen LogP contribution in [0.3, 0.4) is 0 Å². The minimum atomic E-state index is -1.12. The van der Waals surface area contributed by atoms with Crippen LogP contribution in [0.1, 0.15) is 36.2 Å². The van der Waals surface area contributed by atoms with E-state index in [9.17, 15) is 15.0 Å². The molecule has 0 radical (unpaired) electrons. The standard InChI is InChI=1S/C15H17N3O3/c19-12-8-4-3-7-11(12)16-13-9-5-1-2-6-10(9)17-18-14(13)15(20)21/h1-2,5-6,11-12,19H,3-4,7-8H2,(H,16,17)(H,20,21). The van der Waals surface area contributed by atoms with Crippen LogP contribution >= 0.6 is 0 Å². The molecule has 2 atom stereocenters. The first-order chi connectivity index (χ1) is 10.2. The highest BCUT2D eigenvalue weighted by Gasteiger charge is 2.26. The Labute approximate surface area is 121 Å². The third-order valence-electron chi connectivity index (χ3n) is 3.93. The first kappa shape index (κ1) is 13.8. The summed E-state index contributed by atoms with van der Waals surface area (Å²) in [5.74, 6) is -1.12. The lowest BCUT2D eigenvalue weighted by Gasteiger charge is -2.29. The van der Waals surface area contributed by atoms with Crippen LogP contribution in [0.15, 0.2) is 24.3 Å². The van der Waals surface area contributed by atoms with E-state index in [4.69, 9.17) is 0 Å². The molecule has 1 aromatic carbocycles. The Hall–Kier alpha value is -2.21. The molecule has 2 unspecified atom stereocenters. The molecule has 1 heterocycles. The number of aromatic nitrogens is 2. The number of aliphatic hydroxyl groups is 1. The summed E-state index contributed by atoms with van der Waals surface area (Å²) >= 11 is 0. The van der Waals surface area contributed by atoms with Crippen LogP contribution in [0.4, 0.5) is 5.69 Å². The van der Waals surface area contributed by atoms with Gasteiger partial charge in [-0.05, 0) is 18.9 Å². The molecule has 0 amide bonds. The number of carboxylic acid groups (broad SMARTS) is 1. The van der Waals surface area contributed by atoms with Gasteiger partial charge in [0.15, 0.2) is 5.69 Å². The van der Waals surface area contributed by atoms with Crippen molar-refractivity contribution < 1.29 is 15.0 Å². The zero-order valence-electron chi connectivity index (χ0n) is 11.5. The lowest BCUT2D eigenvalue weighted by atomic mass is 9.92. The molecule has 1 aliphatic carbocycles. The Morgan fingerprint density at radius 2 is 1.95 bits per heavy atom. The zero-order valence-corrected chi connectivity index (χ0v) is 11.5. The van der Waals surface area contributed by atoms with E-state index in [2.05, 4.69) is 15.5 Å². The molecule has 3 N–H and O–H groups in total. The molecule has 3 rings (SSSR count). The summed E-state index contributed by atoms with van der Waals surface area (Å²) in [6.45, 7) is 0. The quantitative estimate of drug-likeness (QED) is 0.799. The summed E-state index contributed by atoms with van der Waals surface area (Å²) in [5.41, 5.74) is 0.973. The van der Waals surface area contributed by atoms with E-state index in [-0.39, 0.29) is 11.7 Å². The molecule has 0 bridgehead atoms. The summed E-state index contributed by atoms with van der Waals surface area (Å²) in [5, 5.41) is 31.0. The molecular formula is C15H17N3O3. The number of carboxylic acids is 1. The second kappa shape index (κ2) is 5.65. The molecule has 1 aliphatic rings. The maximum Gasteiger partial charge on any atom is 0.358 e. The van der Waals surface area contributed by atoms with E-state index < -0.39 is 12.1 Å². The predicted octanol–water partition coefficient (Wildman–Crippen LogP) is 2.04. The van der Waals surface area contributed by atoms with Crippen LogP contribution in [-0.4, -0.2) is 38.5 Å². The van der Waals surface area contributed by atoms with Gasteiger partial charge < -0.3 is 15.5 Å². The predicted molar refractivity (Wildman–Crippen MR) is 78.4 cm³/mol. The Balaban J connectivity index is 2.05. The Bertz CT molecular complexity index is 674. The molecule has 2 aromatic rings. The van der Waals surface area contributed by atoms with Crippen LogP contribution in [0.2, 0.25) is 0 Å². The monoisotopic (exact) mass is 287 g/mol. The van der Waals surface area contributed by atoms with Crippen molar-refractivity contribution in [1.29, 1.82) is 0 Å². The fraction of sp³-hybridized carbons (Fsp3) is 0.400. The number of hydrogen-bond donors (Lipinski definition) is 3. The van der Waals surface area contributed by atoms with Crippen molar-refractivity contribution in [1.82, 2.24) is 10.2 Å². The Kier molecular flexibility index (Phi) is 3.70. The summed E-state index contributed by atoms with van der Waals surface area (Å²) in [6, 6.07) is 7.11. The number of fused-ring (bicyclic) bond motifs is 1. The highest BCUT2D eigenvalue weighted by atomic mass is 16.4. The SMILES string of the molecule is O=C(O)c1nnc2ccccc2c1NC1CCCCC1O. The van der Waals surface area contributed by atoms with Crippen molar-refractivity contribution in [3.63, 3.8) is 0 Å². The molecule has 6 nitrogen and oxygen atoms in total. The fourth-order valence-corrected chi connectivity index (χ4v) is 2.81. The summed E-state index contributed by atoms with van der Waals surface area (Å²) in [7, 11) is 0. The average molecular weight is 287 g/mol. The van der Waals surface area contributed by atoms with Gasteiger partial charge >= 0.3 is 5.97 Å². The number of rotatable bonds is 3. The number of benzene rings is 1. The lowest BCUT2D eigenvalue weighted by Crippen LogP contribution is -2.37. The van der Waals surface area contributed by atoms with Gasteiger partial charge in [0.2, 0.25) is 0 Å². The van der Waals surface area contributed by atoms with Gasteiger partial charge in [-0.3, -0.25) is 0 Å². The Morgan fingerprint density at radius 1 is 1.19 bits per heavy atom. The fourth-order valence-electron chi connectivity index (χ4n) is 2.81. The van der Waals surface area contributed by atoms with Crippen molar-refractivity contribution in [3.05, 3.63) is 30.0 Å². The van der Waals surface area contributed by atoms with Crippen LogP contribution in [0.25, 0.3) is 10.9 Å². The third-order valence-corrected chi connectivity index (χ3v) is 3.93. The number of aromatic carboxylic acids is 1. The lowest BCUT2D eigenvalue weighted by molar-refractivity contribution is 0.0689. The highest BCUT2D eigenvalue weighted by molar-refractivity contribution is 6.02. The summed E-state index contributed by atoms with van der Waals surface area (Å²) in [6.07, 6.45) is 3.11. The molecule has 6 heteroatoms. The first-order valence-corrected chi connectivity index (χ1v) is 7.10. The van der Waals surface area contributed by atoms with E-state index in [0.29, 0.717) is 16.6 Å². The van der Waals surface area contributed by atoms with E-state index in [1.807, 2.05) is 18.2 Å². The van der Waals surface area contributed by atoms with Crippen molar-refractivity contribution >= 4 is 22.6 Å². The average Bonchev–Trinajstić information content (AvgIpc) is 2.49. The van der Waals surface area contributed by atoms with Gasteiger partial charge in [-0.1, -0.05) is 31.0 Å². The second-order valence-electron chi connectivity index (χ2n) is 5.35. The summed E-state index contributed by atoms with van der Waals surface area (Å²) in [4.78, 5) is 11.4. The molecule has 0 saturated heterocycles. The maximum atomic E-state index is 11.4. The minimum Gasteiger partial charge on any atom is -0.476 e. The number of aliphatic hydroxyl groups excluding tert-OH is 1. The van der Waals surface area contributed by atoms with Gasteiger partial charge in [0.1, 0.15) is 0 Å². The van der Waals surface area contributed by atoms with Gasteiger partial charge in [-0.15, -0.1) is 10.2 Å². The zero-order chi connectivity index (χ0) is 14.8. The first-order valence-electron chi connectivity index (χ1n) is 7.10. The molecule has 110 valence electrons. The van der Waals surface area contributed by atoms with Crippen LogP contribution in [-0.2, 0) is 0 Å². The minimum absolute atomic E-state index is 0.105. The van der Waals surface area contributed by atoms with Gasteiger partial charge in [0.05, 0.1) is 23.3 Å². The van der Waals surface area contributed by atoms with Gasteiger partial charge in [-0.25, -0.2) is 4.79 Å². The van der Waals surface area contributed by atoms with E-state index in [1.54, 1.807) is 6.07 Å². The molecule has 21 heavy (non-hydrogen) atoms. The normalized spacial score (nSPS) is 22.1. The van der Waals surface area contributed by atoms with E-state index in [0.717, 1.165) is 25.7 Å². The molecule has 0 aliphatic heterocycles. The molecule has 1 fully saturated rings. The largest absolute Gasteiger partial charge is 0.476 e. The number of hydrogen-bond acceptors (Lipinski definition) is 5. The van der Waals surface area contributed by atoms with Crippen molar-refractivity contribution in [2.75, 3.05) is 5.32 Å². The highest BCUT2D eigenvalue weighted by Crippen LogP contribution is 2.28. The molecule has 1 saturated carbocycles. The van der Waals surface area contributed by atoms with Gasteiger partial charge in [0.25, 0.3) is 0 Å². The molecule has 1 aromatic heterocycles. The number of nitrogens with one attached hydrogen (secondary N) is 1. The second-order valence-corrected chi connectivity index (χ2v) is 5.35. The van der Waals surface area contributed by atoms with E-state index in [1.165, 1.54) is 0 Å². The van der Waals surface area contributed by atoms with E-state index >= 15 is 0 Å². The topological polar surface area (TPSA) is 95.3 Å².